The molecule has 0 saturated carbocycles. The Balaban J connectivity index is 2.55. The van der Waals surface area contributed by atoms with Crippen LogP contribution in [0, 0.1) is 0 Å². The van der Waals surface area contributed by atoms with Crippen molar-refractivity contribution in [2.45, 2.75) is 19.3 Å². The van der Waals surface area contributed by atoms with Crippen LogP contribution in [-0.4, -0.2) is 18.9 Å². The predicted molar refractivity (Wildman–Crippen MR) is 43.9 cm³/mol. The van der Waals surface area contributed by atoms with Gasteiger partial charge in [-0.2, -0.15) is 13.2 Å². The number of dihydropyridines is 1. The summed E-state index contributed by atoms with van der Waals surface area (Å²) in [5, 5.41) is 5.54. The maximum atomic E-state index is 12.1. The summed E-state index contributed by atoms with van der Waals surface area (Å²) in [7, 11) is 0. The molecule has 1 atom stereocenters. The first-order valence-electron chi connectivity index (χ1n) is 3.99. The van der Waals surface area contributed by atoms with E-state index in [9.17, 15) is 13.2 Å². The highest BCUT2D eigenvalue weighted by molar-refractivity contribution is 5.27. The summed E-state index contributed by atoms with van der Waals surface area (Å²) >= 11 is 0. The van der Waals surface area contributed by atoms with Crippen LogP contribution in [0.5, 0.6) is 0 Å². The highest BCUT2D eigenvalue weighted by Gasteiger charge is 2.32. The Morgan fingerprint density at radius 3 is 2.62 bits per heavy atom. The van der Waals surface area contributed by atoms with Gasteiger partial charge in [0.25, 0.3) is 0 Å². The molecule has 1 aliphatic rings. The van der Waals surface area contributed by atoms with Gasteiger partial charge in [-0.05, 0) is 18.7 Å². The highest BCUT2D eigenvalue weighted by Crippen LogP contribution is 2.27. The molecule has 0 aromatic heterocycles. The summed E-state index contributed by atoms with van der Waals surface area (Å²) in [6.07, 6.45) is -0.958. The zero-order chi connectivity index (χ0) is 9.90. The van der Waals surface area contributed by atoms with Crippen molar-refractivity contribution in [3.05, 3.63) is 23.9 Å². The quantitative estimate of drug-likeness (QED) is 0.693. The molecule has 0 saturated heterocycles. The van der Waals surface area contributed by atoms with Crippen molar-refractivity contribution < 1.29 is 13.2 Å². The van der Waals surface area contributed by atoms with E-state index in [-0.39, 0.29) is 6.17 Å². The Morgan fingerprint density at radius 2 is 2.23 bits per heavy atom. The summed E-state index contributed by atoms with van der Waals surface area (Å²) in [6.45, 7) is 2.59. The maximum absolute atomic E-state index is 12.1. The SMILES string of the molecule is CCNC1C=CC(C(F)(F)F)=CN1. The first kappa shape index (κ1) is 10.1. The molecule has 2 N–H and O–H groups in total. The van der Waals surface area contributed by atoms with Crippen LogP contribution in [0.3, 0.4) is 0 Å². The third kappa shape index (κ3) is 2.77. The number of halogens is 3. The van der Waals surface area contributed by atoms with Gasteiger partial charge in [-0.25, -0.2) is 0 Å². The van der Waals surface area contributed by atoms with Crippen molar-refractivity contribution in [1.82, 2.24) is 10.6 Å². The lowest BCUT2D eigenvalue weighted by Crippen LogP contribution is -2.40. The molecular formula is C8H11F3N2. The molecule has 1 rings (SSSR count). The van der Waals surface area contributed by atoms with Crippen LogP contribution >= 0.6 is 0 Å². The molecule has 0 spiro atoms. The van der Waals surface area contributed by atoms with Gasteiger partial charge in [0, 0.05) is 6.20 Å². The number of hydrogen-bond donors (Lipinski definition) is 2. The molecule has 0 fully saturated rings. The van der Waals surface area contributed by atoms with E-state index in [2.05, 4.69) is 10.6 Å². The van der Waals surface area contributed by atoms with Crippen LogP contribution in [0.2, 0.25) is 0 Å². The first-order chi connectivity index (χ1) is 6.04. The van der Waals surface area contributed by atoms with Gasteiger partial charge in [0.1, 0.15) is 0 Å². The van der Waals surface area contributed by atoms with Gasteiger partial charge in [-0.1, -0.05) is 6.92 Å². The Morgan fingerprint density at radius 1 is 1.54 bits per heavy atom. The lowest BCUT2D eigenvalue weighted by molar-refractivity contribution is -0.0888. The number of allylic oxidation sites excluding steroid dienone is 2. The van der Waals surface area contributed by atoms with E-state index in [4.69, 9.17) is 0 Å². The van der Waals surface area contributed by atoms with Gasteiger partial charge in [0.2, 0.25) is 0 Å². The van der Waals surface area contributed by atoms with Crippen LogP contribution in [0.25, 0.3) is 0 Å². The van der Waals surface area contributed by atoms with Crippen LogP contribution in [0.4, 0.5) is 13.2 Å². The van der Waals surface area contributed by atoms with Crippen LogP contribution in [-0.2, 0) is 0 Å². The first-order valence-corrected chi connectivity index (χ1v) is 3.99. The van der Waals surface area contributed by atoms with Gasteiger partial charge < -0.3 is 5.32 Å². The molecule has 0 bridgehead atoms. The summed E-state index contributed by atoms with van der Waals surface area (Å²) in [4.78, 5) is 0. The summed E-state index contributed by atoms with van der Waals surface area (Å²) in [6, 6.07) is 0. The fraction of sp³-hybridized carbons (Fsp3) is 0.500. The molecule has 74 valence electrons. The largest absolute Gasteiger partial charge is 0.417 e. The fourth-order valence-electron chi connectivity index (χ4n) is 1.01. The van der Waals surface area contributed by atoms with E-state index in [1.54, 1.807) is 0 Å². The van der Waals surface area contributed by atoms with E-state index in [0.717, 1.165) is 12.3 Å². The van der Waals surface area contributed by atoms with Crippen LogP contribution < -0.4 is 10.6 Å². The zero-order valence-corrected chi connectivity index (χ0v) is 7.15. The summed E-state index contributed by atoms with van der Waals surface area (Å²) in [5.74, 6) is 0. The number of alkyl halides is 3. The van der Waals surface area contributed by atoms with Gasteiger partial charge in [-0.3, -0.25) is 5.32 Å². The van der Waals surface area contributed by atoms with Crippen molar-refractivity contribution in [1.29, 1.82) is 0 Å². The predicted octanol–water partition coefficient (Wildman–Crippen LogP) is 1.53. The average molecular weight is 192 g/mol. The second-order valence-corrected chi connectivity index (χ2v) is 2.66. The minimum atomic E-state index is -4.26. The standard InChI is InChI=1S/C8H11F3N2/c1-2-12-7-4-3-6(5-13-7)8(9,10)11/h3-5,7,12-13H,2H2,1H3. The van der Waals surface area contributed by atoms with E-state index in [1.165, 1.54) is 6.08 Å². The van der Waals surface area contributed by atoms with Gasteiger partial charge in [0.15, 0.2) is 0 Å². The molecule has 1 heterocycles. The zero-order valence-electron chi connectivity index (χ0n) is 7.15. The lowest BCUT2D eigenvalue weighted by Gasteiger charge is -2.20. The Bertz CT molecular complexity index is 230. The van der Waals surface area contributed by atoms with Crippen LogP contribution in [0.15, 0.2) is 23.9 Å². The summed E-state index contributed by atoms with van der Waals surface area (Å²) < 4.78 is 36.2. The molecular weight excluding hydrogens is 181 g/mol. The highest BCUT2D eigenvalue weighted by atomic mass is 19.4. The van der Waals surface area contributed by atoms with Gasteiger partial charge in [0.05, 0.1) is 11.7 Å². The molecule has 1 unspecified atom stereocenters. The lowest BCUT2D eigenvalue weighted by atomic mass is 10.2. The minimum absolute atomic E-state index is 0.198. The van der Waals surface area contributed by atoms with Crippen molar-refractivity contribution in [2.75, 3.05) is 6.54 Å². The molecule has 0 amide bonds. The van der Waals surface area contributed by atoms with Gasteiger partial charge in [-0.15, -0.1) is 0 Å². The van der Waals surface area contributed by atoms with E-state index < -0.39 is 11.7 Å². The van der Waals surface area contributed by atoms with Crippen molar-refractivity contribution in [2.24, 2.45) is 0 Å². The Labute approximate surface area is 74.5 Å². The summed E-state index contributed by atoms with van der Waals surface area (Å²) in [5.41, 5.74) is -0.651. The molecule has 0 aliphatic carbocycles. The average Bonchev–Trinajstić information content (AvgIpc) is 2.04. The van der Waals surface area contributed by atoms with Crippen LogP contribution in [0.1, 0.15) is 6.92 Å². The van der Waals surface area contributed by atoms with Crippen molar-refractivity contribution in [3.8, 4) is 0 Å². The van der Waals surface area contributed by atoms with E-state index in [1.807, 2.05) is 6.92 Å². The number of rotatable bonds is 2. The normalized spacial score (nSPS) is 22.5. The third-order valence-corrected chi connectivity index (χ3v) is 1.64. The van der Waals surface area contributed by atoms with Crippen molar-refractivity contribution in [3.63, 3.8) is 0 Å². The Hall–Kier alpha value is -0.970. The molecule has 0 aromatic rings. The molecule has 0 radical (unpaired) electrons. The molecule has 0 aromatic carbocycles. The van der Waals surface area contributed by atoms with Crippen molar-refractivity contribution >= 4 is 0 Å². The number of likely N-dealkylation sites (N-methyl/N-ethyl adjacent to an activating group) is 1. The maximum Gasteiger partial charge on any atom is 0.417 e. The third-order valence-electron chi connectivity index (χ3n) is 1.64. The molecule has 1 aliphatic heterocycles. The number of hydrogen-bond acceptors (Lipinski definition) is 2. The van der Waals surface area contributed by atoms with Gasteiger partial charge >= 0.3 is 6.18 Å². The fourth-order valence-corrected chi connectivity index (χ4v) is 1.01. The molecule has 2 nitrogen and oxygen atoms in total. The second-order valence-electron chi connectivity index (χ2n) is 2.66. The smallest absolute Gasteiger partial charge is 0.372 e. The van der Waals surface area contributed by atoms with E-state index in [0.29, 0.717) is 6.54 Å². The number of nitrogens with one attached hydrogen (secondary N) is 2. The second kappa shape index (κ2) is 3.83. The Kier molecular flexibility index (Phi) is 2.98. The topological polar surface area (TPSA) is 24.1 Å². The molecule has 5 heteroatoms. The van der Waals surface area contributed by atoms with E-state index >= 15 is 0 Å². The molecule has 13 heavy (non-hydrogen) atoms. The minimum Gasteiger partial charge on any atom is -0.372 e. The monoisotopic (exact) mass is 192 g/mol.